The first-order valence-corrected chi connectivity index (χ1v) is 12.0. The molecule has 12 heteroatoms. The molecule has 4 aromatic carbocycles. The van der Waals surface area contributed by atoms with E-state index in [0.29, 0.717) is 11.3 Å². The van der Waals surface area contributed by atoms with Crippen molar-refractivity contribution in [3.8, 4) is 0 Å². The standard InChI is InChI=1S/C19H16O3S.2O3S/c1-11(2)14-7-5-12-3-4-13-6-10-17(23(20,21)22)16-9-8-15(14)18(12)19(13)16;2*1-4(2)3/h3-11H,1-2H3,(H,20,21,22);;. The van der Waals surface area contributed by atoms with Gasteiger partial charge in [0.1, 0.15) is 4.90 Å². The minimum Gasteiger partial charge on any atom is -0.282 e. The summed E-state index contributed by atoms with van der Waals surface area (Å²) in [5.74, 6) is 0.376. The van der Waals surface area contributed by atoms with Crippen molar-refractivity contribution in [3.63, 3.8) is 0 Å². The van der Waals surface area contributed by atoms with Crippen LogP contribution >= 0.6 is 0 Å². The van der Waals surface area contributed by atoms with Crippen LogP contribution in [0.1, 0.15) is 25.3 Å². The summed E-state index contributed by atoms with van der Waals surface area (Å²) in [7, 11) is -10.5. The van der Waals surface area contributed by atoms with Crippen molar-refractivity contribution in [1.29, 1.82) is 0 Å². The Labute approximate surface area is 180 Å². The first-order chi connectivity index (χ1) is 14.3. The molecule has 0 amide bonds. The molecule has 0 aliphatic carbocycles. The van der Waals surface area contributed by atoms with Gasteiger partial charge in [0.05, 0.1) is 0 Å². The molecule has 1 N–H and O–H groups in total. The molecule has 0 bridgehead atoms. The van der Waals surface area contributed by atoms with Crippen LogP contribution in [0.2, 0.25) is 0 Å². The van der Waals surface area contributed by atoms with E-state index in [4.69, 9.17) is 25.3 Å². The maximum atomic E-state index is 11.7. The molecule has 0 spiro atoms. The topological polar surface area (TPSA) is 157 Å². The predicted molar refractivity (Wildman–Crippen MR) is 113 cm³/mol. The Bertz CT molecular complexity index is 1550. The molecule has 4 rings (SSSR count). The van der Waals surface area contributed by atoms with Crippen molar-refractivity contribution < 1.29 is 38.2 Å². The van der Waals surface area contributed by atoms with Gasteiger partial charge in [-0.2, -0.15) is 8.42 Å². The molecule has 0 aromatic heterocycles. The summed E-state index contributed by atoms with van der Waals surface area (Å²) in [5.41, 5.74) is 1.24. The second kappa shape index (κ2) is 9.47. The van der Waals surface area contributed by atoms with Crippen molar-refractivity contribution in [1.82, 2.24) is 0 Å². The number of hydrogen-bond acceptors (Lipinski definition) is 8. The molecular formula is C19H16O9S3. The fourth-order valence-electron chi connectivity index (χ4n) is 3.53. The Morgan fingerprint density at radius 2 is 1.06 bits per heavy atom. The lowest BCUT2D eigenvalue weighted by atomic mass is 9.89. The maximum absolute atomic E-state index is 11.7. The Kier molecular flexibility index (Phi) is 7.44. The normalized spacial score (nSPS) is 11.1. The van der Waals surface area contributed by atoms with Crippen molar-refractivity contribution >= 4 is 63.7 Å². The van der Waals surface area contributed by atoms with Gasteiger partial charge >= 0.3 is 21.2 Å². The van der Waals surface area contributed by atoms with Gasteiger partial charge in [0, 0.05) is 5.39 Å². The summed E-state index contributed by atoms with van der Waals surface area (Å²) in [5, 5.41) is 5.74. The molecule has 0 fully saturated rings. The Morgan fingerprint density at radius 3 is 1.52 bits per heavy atom. The minimum absolute atomic E-state index is 0.0330. The van der Waals surface area contributed by atoms with E-state index in [9.17, 15) is 13.0 Å². The van der Waals surface area contributed by atoms with Crippen LogP contribution in [-0.2, 0) is 31.3 Å². The highest BCUT2D eigenvalue weighted by atomic mass is 32.2. The summed E-state index contributed by atoms with van der Waals surface area (Å²) in [4.78, 5) is -0.0330. The lowest BCUT2D eigenvalue weighted by Crippen LogP contribution is -2.00. The van der Waals surface area contributed by atoms with Crippen LogP contribution < -0.4 is 0 Å². The molecule has 4 aromatic rings. The second-order valence-corrected chi connectivity index (χ2v) is 8.89. The molecule has 0 radical (unpaired) electrons. The zero-order chi connectivity index (χ0) is 23.5. The van der Waals surface area contributed by atoms with Crippen LogP contribution in [0.25, 0.3) is 32.3 Å². The molecule has 0 heterocycles. The zero-order valence-corrected chi connectivity index (χ0v) is 18.6. The number of hydrogen-bond donors (Lipinski definition) is 1. The minimum atomic E-state index is -4.25. The summed E-state index contributed by atoms with van der Waals surface area (Å²) in [6.45, 7) is 4.30. The average Bonchev–Trinajstić information content (AvgIpc) is 2.63. The second-order valence-electron chi connectivity index (χ2n) is 6.68. The van der Waals surface area contributed by atoms with Crippen LogP contribution in [0.3, 0.4) is 0 Å². The smallest absolute Gasteiger partial charge is 0.282 e. The first-order valence-electron chi connectivity index (χ1n) is 8.56. The molecule has 0 unspecified atom stereocenters. The molecule has 0 aliphatic rings. The van der Waals surface area contributed by atoms with Gasteiger partial charge in [0.2, 0.25) is 0 Å². The maximum Gasteiger partial charge on any atom is 0.425 e. The van der Waals surface area contributed by atoms with Crippen LogP contribution in [0.4, 0.5) is 0 Å². The van der Waals surface area contributed by atoms with Gasteiger partial charge in [-0.1, -0.05) is 56.3 Å². The molecule has 164 valence electrons. The lowest BCUT2D eigenvalue weighted by molar-refractivity contribution is 0.484. The Balaban J connectivity index is 0.000000370. The van der Waals surface area contributed by atoms with E-state index >= 15 is 0 Å². The van der Waals surface area contributed by atoms with Crippen LogP contribution in [-0.4, -0.2) is 38.2 Å². The van der Waals surface area contributed by atoms with E-state index in [2.05, 4.69) is 32.0 Å². The number of rotatable bonds is 2. The van der Waals surface area contributed by atoms with Crippen LogP contribution in [0.15, 0.2) is 53.4 Å². The lowest BCUT2D eigenvalue weighted by Gasteiger charge is -2.16. The van der Waals surface area contributed by atoms with Crippen molar-refractivity contribution in [2.45, 2.75) is 24.7 Å². The third-order valence-electron chi connectivity index (χ3n) is 4.56. The fourth-order valence-corrected chi connectivity index (χ4v) is 4.21. The van der Waals surface area contributed by atoms with E-state index < -0.39 is 31.3 Å². The third kappa shape index (κ3) is 5.61. The van der Waals surface area contributed by atoms with Crippen LogP contribution in [0.5, 0.6) is 0 Å². The van der Waals surface area contributed by atoms with E-state index in [1.54, 1.807) is 12.1 Å². The number of benzene rings is 4. The zero-order valence-electron chi connectivity index (χ0n) is 16.1. The molecule has 31 heavy (non-hydrogen) atoms. The van der Waals surface area contributed by atoms with E-state index in [1.807, 2.05) is 12.1 Å². The first kappa shape index (κ1) is 24.3. The highest BCUT2D eigenvalue weighted by molar-refractivity contribution is 7.86. The van der Waals surface area contributed by atoms with Gasteiger partial charge in [-0.3, -0.25) is 4.55 Å². The summed E-state index contributed by atoms with van der Waals surface area (Å²) in [6, 6.07) is 15.3. The highest BCUT2D eigenvalue weighted by Gasteiger charge is 2.18. The van der Waals surface area contributed by atoms with E-state index in [1.165, 1.54) is 11.6 Å². The summed E-state index contributed by atoms with van der Waals surface area (Å²) in [6.07, 6.45) is 0. The molecule has 0 atom stereocenters. The molecule has 0 aliphatic heterocycles. The molecular weight excluding hydrogens is 468 g/mol. The van der Waals surface area contributed by atoms with Crippen molar-refractivity contribution in [3.05, 3.63) is 54.1 Å². The Morgan fingerprint density at radius 1 is 0.677 bits per heavy atom. The highest BCUT2D eigenvalue weighted by Crippen LogP contribution is 2.39. The van der Waals surface area contributed by atoms with Crippen molar-refractivity contribution in [2.24, 2.45) is 0 Å². The van der Waals surface area contributed by atoms with Gasteiger partial charge in [-0.05, 0) is 44.5 Å². The fraction of sp³-hybridized carbons (Fsp3) is 0.158. The van der Waals surface area contributed by atoms with E-state index in [-0.39, 0.29) is 4.90 Å². The molecule has 0 saturated carbocycles. The molecule has 9 nitrogen and oxygen atoms in total. The van der Waals surface area contributed by atoms with Gasteiger partial charge in [0.25, 0.3) is 10.1 Å². The van der Waals surface area contributed by atoms with E-state index in [0.717, 1.165) is 26.9 Å². The Hall–Kier alpha value is -2.93. The largest absolute Gasteiger partial charge is 0.425 e. The van der Waals surface area contributed by atoms with Crippen molar-refractivity contribution in [2.75, 3.05) is 0 Å². The SMILES string of the molecule is CC(C)c1ccc2ccc3ccc(S(=O)(=O)O)c4ccc1c2c34.O=S(=O)=O.O=S(=O)=O. The van der Waals surface area contributed by atoms with Crippen LogP contribution in [0, 0.1) is 0 Å². The van der Waals surface area contributed by atoms with Gasteiger partial charge < -0.3 is 0 Å². The van der Waals surface area contributed by atoms with Gasteiger partial charge in [-0.15, -0.1) is 25.3 Å². The third-order valence-corrected chi connectivity index (χ3v) is 5.47. The monoisotopic (exact) mass is 484 g/mol. The average molecular weight is 485 g/mol. The predicted octanol–water partition coefficient (Wildman–Crippen LogP) is 2.95. The summed E-state index contributed by atoms with van der Waals surface area (Å²) < 4.78 is 83.6. The van der Waals surface area contributed by atoms with Gasteiger partial charge in [0.15, 0.2) is 0 Å². The summed E-state index contributed by atoms with van der Waals surface area (Å²) >= 11 is 0. The molecule has 0 saturated heterocycles. The van der Waals surface area contributed by atoms with Gasteiger partial charge in [-0.25, -0.2) is 0 Å². The quantitative estimate of drug-likeness (QED) is 0.333.